The highest BCUT2D eigenvalue weighted by Crippen LogP contribution is 2.25. The molecule has 7 nitrogen and oxygen atoms in total. The minimum absolute atomic E-state index is 0.0314. The molecule has 0 saturated carbocycles. The van der Waals surface area contributed by atoms with Gasteiger partial charge in [0.25, 0.3) is 5.91 Å². The summed E-state index contributed by atoms with van der Waals surface area (Å²) in [7, 11) is 1.72. The summed E-state index contributed by atoms with van der Waals surface area (Å²) in [4.78, 5) is 35.4. The first-order valence-corrected chi connectivity index (χ1v) is 8.79. The molecule has 3 aromatic heterocycles. The van der Waals surface area contributed by atoms with Crippen LogP contribution in [0.1, 0.15) is 29.2 Å². The molecule has 124 valence electrons. The van der Waals surface area contributed by atoms with E-state index in [4.69, 9.17) is 0 Å². The smallest absolute Gasteiger partial charge is 0.330 e. The molecule has 1 fully saturated rings. The number of aryl methyl sites for hydroxylation is 1. The summed E-state index contributed by atoms with van der Waals surface area (Å²) in [5, 5.41) is 3.77. The maximum Gasteiger partial charge on any atom is 0.330 e. The van der Waals surface area contributed by atoms with Gasteiger partial charge in [0.2, 0.25) is 0 Å². The normalized spacial score (nSPS) is 18.2. The van der Waals surface area contributed by atoms with E-state index in [2.05, 4.69) is 9.97 Å². The first kappa shape index (κ1) is 15.1. The van der Waals surface area contributed by atoms with Crippen molar-refractivity contribution in [3.8, 4) is 0 Å². The molecule has 1 saturated heterocycles. The van der Waals surface area contributed by atoms with Crippen molar-refractivity contribution in [2.24, 2.45) is 7.05 Å². The first-order valence-electron chi connectivity index (χ1n) is 7.85. The number of amides is 1. The number of carbonyl (C=O) groups is 1. The number of rotatable bonds is 2. The Bertz CT molecular complexity index is 943. The molecule has 8 heteroatoms. The number of aromatic nitrogens is 4. The number of piperidine rings is 1. The van der Waals surface area contributed by atoms with E-state index >= 15 is 0 Å². The Morgan fingerprint density at radius 3 is 3.08 bits per heavy atom. The van der Waals surface area contributed by atoms with E-state index in [0.29, 0.717) is 23.3 Å². The van der Waals surface area contributed by atoms with Gasteiger partial charge in [-0.1, -0.05) is 0 Å². The van der Waals surface area contributed by atoms with Crippen LogP contribution in [0, 0.1) is 0 Å². The van der Waals surface area contributed by atoms with Gasteiger partial charge in [-0.05, 0) is 24.3 Å². The minimum atomic E-state index is -0.111. The zero-order valence-corrected chi connectivity index (χ0v) is 14.1. The van der Waals surface area contributed by atoms with Crippen LogP contribution >= 0.6 is 11.3 Å². The van der Waals surface area contributed by atoms with Crippen molar-refractivity contribution in [2.75, 3.05) is 13.1 Å². The largest absolute Gasteiger partial charge is 0.337 e. The molecular formula is C16H17N5O2S. The van der Waals surface area contributed by atoms with Crippen LogP contribution in [-0.4, -0.2) is 43.0 Å². The van der Waals surface area contributed by atoms with Crippen molar-refractivity contribution in [1.82, 2.24) is 24.0 Å². The highest BCUT2D eigenvalue weighted by atomic mass is 32.1. The summed E-state index contributed by atoms with van der Waals surface area (Å²) < 4.78 is 3.28. The van der Waals surface area contributed by atoms with E-state index in [9.17, 15) is 9.59 Å². The van der Waals surface area contributed by atoms with Crippen LogP contribution in [0.15, 0.2) is 34.1 Å². The lowest BCUT2D eigenvalue weighted by molar-refractivity contribution is 0.0679. The van der Waals surface area contributed by atoms with E-state index in [1.54, 1.807) is 22.4 Å². The van der Waals surface area contributed by atoms with Gasteiger partial charge < -0.3 is 4.90 Å². The Hall–Kier alpha value is -2.48. The Labute approximate surface area is 142 Å². The Balaban J connectivity index is 1.69. The molecule has 1 aliphatic rings. The van der Waals surface area contributed by atoms with E-state index in [1.165, 1.54) is 17.7 Å². The molecule has 0 N–H and O–H groups in total. The van der Waals surface area contributed by atoms with Crippen molar-refractivity contribution >= 4 is 28.4 Å². The van der Waals surface area contributed by atoms with Gasteiger partial charge in [-0.3, -0.25) is 13.9 Å². The summed E-state index contributed by atoms with van der Waals surface area (Å²) in [6.45, 7) is 1.25. The van der Waals surface area contributed by atoms with Crippen LogP contribution in [0.25, 0.3) is 11.2 Å². The highest BCUT2D eigenvalue weighted by molar-refractivity contribution is 7.08. The van der Waals surface area contributed by atoms with Gasteiger partial charge in [0, 0.05) is 25.5 Å². The molecule has 4 rings (SSSR count). The Morgan fingerprint density at radius 2 is 2.29 bits per heavy atom. The number of fused-ring (bicyclic) bond motifs is 1. The van der Waals surface area contributed by atoms with Gasteiger partial charge in [-0.2, -0.15) is 11.3 Å². The van der Waals surface area contributed by atoms with Crippen LogP contribution in [0.2, 0.25) is 0 Å². The fraction of sp³-hybridized carbons (Fsp3) is 0.375. The third-order valence-corrected chi connectivity index (χ3v) is 5.26. The summed E-state index contributed by atoms with van der Waals surface area (Å²) in [6.07, 6.45) is 4.83. The first-order chi connectivity index (χ1) is 11.7. The molecule has 0 aromatic carbocycles. The molecule has 1 unspecified atom stereocenters. The van der Waals surface area contributed by atoms with E-state index in [0.717, 1.165) is 19.4 Å². The van der Waals surface area contributed by atoms with Crippen molar-refractivity contribution in [2.45, 2.75) is 18.9 Å². The molecule has 0 spiro atoms. The Morgan fingerprint density at radius 1 is 1.42 bits per heavy atom. The summed E-state index contributed by atoms with van der Waals surface area (Å²) in [5.41, 5.74) is 1.95. The van der Waals surface area contributed by atoms with Crippen molar-refractivity contribution in [1.29, 1.82) is 0 Å². The van der Waals surface area contributed by atoms with E-state index in [-0.39, 0.29) is 17.6 Å². The molecule has 1 atom stereocenters. The van der Waals surface area contributed by atoms with Crippen LogP contribution in [-0.2, 0) is 7.05 Å². The third-order valence-electron chi connectivity index (χ3n) is 4.57. The maximum atomic E-state index is 12.6. The number of nitrogens with zero attached hydrogens (tertiary/aromatic N) is 5. The molecular weight excluding hydrogens is 326 g/mol. The molecule has 0 radical (unpaired) electrons. The number of carbonyl (C=O) groups excluding carboxylic acids is 1. The number of hydrogen-bond donors (Lipinski definition) is 0. The Kier molecular flexibility index (Phi) is 3.68. The van der Waals surface area contributed by atoms with Crippen LogP contribution in [0.5, 0.6) is 0 Å². The molecule has 0 aliphatic carbocycles. The zero-order valence-electron chi connectivity index (χ0n) is 13.3. The molecule has 0 bridgehead atoms. The van der Waals surface area contributed by atoms with Gasteiger partial charge >= 0.3 is 5.69 Å². The minimum Gasteiger partial charge on any atom is -0.337 e. The number of thiophene rings is 1. The average Bonchev–Trinajstić information content (AvgIpc) is 3.23. The predicted molar refractivity (Wildman–Crippen MR) is 91.3 cm³/mol. The monoisotopic (exact) mass is 343 g/mol. The lowest BCUT2D eigenvalue weighted by atomic mass is 10.0. The van der Waals surface area contributed by atoms with Gasteiger partial charge in [-0.15, -0.1) is 0 Å². The highest BCUT2D eigenvalue weighted by Gasteiger charge is 2.28. The topological polar surface area (TPSA) is 73.0 Å². The van der Waals surface area contributed by atoms with E-state index in [1.807, 2.05) is 21.7 Å². The van der Waals surface area contributed by atoms with Crippen LogP contribution < -0.4 is 5.69 Å². The van der Waals surface area contributed by atoms with Gasteiger partial charge in [0.1, 0.15) is 11.8 Å². The summed E-state index contributed by atoms with van der Waals surface area (Å²) in [6, 6.07) is 1.78. The van der Waals surface area contributed by atoms with E-state index < -0.39 is 0 Å². The predicted octanol–water partition coefficient (Wildman–Crippen LogP) is 1.67. The molecule has 1 amide bonds. The van der Waals surface area contributed by atoms with Gasteiger partial charge in [0.05, 0.1) is 17.8 Å². The second kappa shape index (κ2) is 5.86. The fourth-order valence-electron chi connectivity index (χ4n) is 3.34. The number of imidazole rings is 1. The second-order valence-corrected chi connectivity index (χ2v) is 6.78. The molecule has 1 aliphatic heterocycles. The molecule has 3 aromatic rings. The lowest BCUT2D eigenvalue weighted by Crippen LogP contribution is -2.42. The second-order valence-electron chi connectivity index (χ2n) is 6.00. The molecule has 4 heterocycles. The van der Waals surface area contributed by atoms with Crippen molar-refractivity contribution < 1.29 is 4.79 Å². The van der Waals surface area contributed by atoms with Crippen LogP contribution in [0.4, 0.5) is 0 Å². The number of hydrogen-bond acceptors (Lipinski definition) is 5. The third kappa shape index (κ3) is 2.34. The average molecular weight is 343 g/mol. The summed E-state index contributed by atoms with van der Waals surface area (Å²) >= 11 is 1.51. The molecule has 24 heavy (non-hydrogen) atoms. The van der Waals surface area contributed by atoms with Crippen LogP contribution in [0.3, 0.4) is 0 Å². The number of likely N-dealkylation sites (tertiary alicyclic amines) is 1. The standard InChI is InChI=1S/C16H17N5O2S/c1-19-13-7-17-10-18-14(13)21(16(19)23)12-3-2-5-20(8-12)15(22)11-4-6-24-9-11/h4,6-7,9-10,12H,2-3,5,8H2,1H3. The van der Waals surface area contributed by atoms with Crippen molar-refractivity contribution in [3.63, 3.8) is 0 Å². The quantitative estimate of drug-likeness (QED) is 0.709. The maximum absolute atomic E-state index is 12.6. The fourth-order valence-corrected chi connectivity index (χ4v) is 3.97. The summed E-state index contributed by atoms with van der Waals surface area (Å²) in [5.74, 6) is 0.0314. The van der Waals surface area contributed by atoms with Gasteiger partial charge in [0.15, 0.2) is 5.65 Å². The SMILES string of the molecule is Cn1c(=O)n(C2CCCN(C(=O)c3ccsc3)C2)c2ncncc21. The lowest BCUT2D eigenvalue weighted by Gasteiger charge is -2.33. The van der Waals surface area contributed by atoms with Gasteiger partial charge in [-0.25, -0.2) is 14.8 Å². The zero-order chi connectivity index (χ0) is 16.7. The van der Waals surface area contributed by atoms with Crippen molar-refractivity contribution in [3.05, 3.63) is 45.4 Å².